The molecular formula is C46H51N3O4. The van der Waals surface area contributed by atoms with Gasteiger partial charge in [0.05, 0.1) is 11.4 Å². The smallest absolute Gasteiger partial charge is 0.294 e. The summed E-state index contributed by atoms with van der Waals surface area (Å²) in [6.45, 7) is 17.2. The van der Waals surface area contributed by atoms with Crippen LogP contribution in [0.5, 0.6) is 11.5 Å². The Morgan fingerprint density at radius 3 is 2.23 bits per heavy atom. The molecule has 2 unspecified atom stereocenters. The van der Waals surface area contributed by atoms with Crippen molar-refractivity contribution >= 4 is 39.7 Å². The van der Waals surface area contributed by atoms with E-state index in [9.17, 15) is 9.59 Å². The molecule has 0 fully saturated rings. The lowest BCUT2D eigenvalue weighted by molar-refractivity contribution is -0.123. The van der Waals surface area contributed by atoms with E-state index in [0.717, 1.165) is 40.3 Å². The molecule has 2 atom stereocenters. The number of ether oxygens (including phenoxy) is 2. The molecule has 0 saturated carbocycles. The highest BCUT2D eigenvalue weighted by Gasteiger charge is 2.41. The molecule has 0 saturated heterocycles. The average Bonchev–Trinajstić information content (AvgIpc) is 3.48. The van der Waals surface area contributed by atoms with Crippen LogP contribution in [0.3, 0.4) is 0 Å². The number of carbonyl (C=O) groups is 2. The van der Waals surface area contributed by atoms with Crippen LogP contribution in [-0.4, -0.2) is 29.7 Å². The normalized spacial score (nSPS) is 15.3. The third-order valence-electron chi connectivity index (χ3n) is 10.8. The van der Waals surface area contributed by atoms with Gasteiger partial charge in [0.25, 0.3) is 11.8 Å². The molecule has 0 radical (unpaired) electrons. The molecule has 5 aromatic carbocycles. The van der Waals surface area contributed by atoms with Crippen LogP contribution in [0.4, 0.5) is 11.4 Å². The molecule has 5 aromatic rings. The van der Waals surface area contributed by atoms with E-state index in [1.54, 1.807) is 12.1 Å². The van der Waals surface area contributed by atoms with Crippen molar-refractivity contribution in [3.8, 4) is 11.5 Å². The monoisotopic (exact) mass is 709 g/mol. The zero-order valence-corrected chi connectivity index (χ0v) is 32.2. The fraction of sp³-hybridized carbons (Fsp3) is 0.326. The number of fused-ring (bicyclic) bond motifs is 1. The Morgan fingerprint density at radius 2 is 1.51 bits per heavy atom. The van der Waals surface area contributed by atoms with Crippen molar-refractivity contribution in [2.24, 2.45) is 5.10 Å². The first kappa shape index (κ1) is 37.3. The standard InChI is InChI=1S/C46H51N3O4/c1-9-39(53-40-28-25-32(45(5,6)10-2)29-36(40)46(7,8)11-3)43(50)47-37-21-14-15-22-38(37)49-44(51)42(52-33-26-23-30(4)24-27-33)41(48-49)35-20-16-18-31-17-12-13-19-34(31)35/h12-29,39,42H,9-11H2,1-8H3,(H,47,50). The predicted molar refractivity (Wildman–Crippen MR) is 216 cm³/mol. The third kappa shape index (κ3) is 7.71. The number of hydrogen-bond donors (Lipinski definition) is 1. The van der Waals surface area contributed by atoms with Gasteiger partial charge in [-0.05, 0) is 83.7 Å². The lowest BCUT2D eigenvalue weighted by Crippen LogP contribution is -2.38. The van der Waals surface area contributed by atoms with Gasteiger partial charge in [0.15, 0.2) is 6.10 Å². The van der Waals surface area contributed by atoms with Crippen LogP contribution in [0.2, 0.25) is 0 Å². The Morgan fingerprint density at radius 1 is 0.830 bits per heavy atom. The van der Waals surface area contributed by atoms with Crippen molar-refractivity contribution in [3.05, 3.63) is 131 Å². The van der Waals surface area contributed by atoms with Gasteiger partial charge in [-0.25, -0.2) is 0 Å². The molecule has 1 N–H and O–H groups in total. The number of hydrazone groups is 1. The summed E-state index contributed by atoms with van der Waals surface area (Å²) in [7, 11) is 0. The van der Waals surface area contributed by atoms with Crippen molar-refractivity contribution < 1.29 is 19.1 Å². The molecule has 0 spiro atoms. The number of anilines is 2. The summed E-state index contributed by atoms with van der Waals surface area (Å²) in [4.78, 5) is 28.5. The number of nitrogens with zero attached hydrogens (tertiary/aromatic N) is 2. The molecule has 7 heteroatoms. The maximum absolute atomic E-state index is 14.4. The molecule has 7 nitrogen and oxygen atoms in total. The summed E-state index contributed by atoms with van der Waals surface area (Å²) in [5.74, 6) is 0.596. The van der Waals surface area contributed by atoms with Gasteiger partial charge in [-0.1, -0.05) is 133 Å². The van der Waals surface area contributed by atoms with Crippen molar-refractivity contribution in [1.82, 2.24) is 0 Å². The topological polar surface area (TPSA) is 80.2 Å². The van der Waals surface area contributed by atoms with Gasteiger partial charge in [-0.3, -0.25) is 9.59 Å². The Labute approximate surface area is 314 Å². The van der Waals surface area contributed by atoms with Gasteiger partial charge in [-0.15, -0.1) is 0 Å². The molecule has 274 valence electrons. The second kappa shape index (κ2) is 15.3. The lowest BCUT2D eigenvalue weighted by Gasteiger charge is -2.31. The first-order valence-corrected chi connectivity index (χ1v) is 18.7. The highest BCUT2D eigenvalue weighted by Crippen LogP contribution is 2.39. The van der Waals surface area contributed by atoms with E-state index < -0.39 is 12.2 Å². The van der Waals surface area contributed by atoms with Crippen LogP contribution < -0.4 is 19.8 Å². The second-order valence-corrected chi connectivity index (χ2v) is 15.2. The first-order chi connectivity index (χ1) is 25.4. The number of rotatable bonds is 13. The molecule has 0 aromatic heterocycles. The van der Waals surface area contributed by atoms with Crippen molar-refractivity contribution in [3.63, 3.8) is 0 Å². The molecule has 1 aliphatic rings. The number of nitrogens with one attached hydrogen (secondary N) is 1. The van der Waals surface area contributed by atoms with Gasteiger partial charge < -0.3 is 14.8 Å². The summed E-state index contributed by atoms with van der Waals surface area (Å²) in [5.41, 5.74) is 5.44. The molecule has 6 rings (SSSR count). The summed E-state index contributed by atoms with van der Waals surface area (Å²) in [6, 6.07) is 35.2. The molecule has 53 heavy (non-hydrogen) atoms. The molecule has 0 aliphatic carbocycles. The van der Waals surface area contributed by atoms with E-state index in [1.165, 1.54) is 10.6 Å². The number of benzene rings is 5. The molecule has 1 aliphatic heterocycles. The molecule has 2 amide bonds. The van der Waals surface area contributed by atoms with Gasteiger partial charge in [0.1, 0.15) is 17.2 Å². The summed E-state index contributed by atoms with van der Waals surface area (Å²) >= 11 is 0. The third-order valence-corrected chi connectivity index (χ3v) is 10.8. The largest absolute Gasteiger partial charge is 0.480 e. The SMILES string of the molecule is CCC(Oc1ccc(C(C)(C)CC)cc1C(C)(C)CC)C(=O)Nc1ccccc1N1N=C(c2cccc3ccccc23)C(Oc2ccc(C)cc2)C1=O. The van der Waals surface area contributed by atoms with Crippen LogP contribution >= 0.6 is 0 Å². The summed E-state index contributed by atoms with van der Waals surface area (Å²) in [5, 5.41) is 11.4. The van der Waals surface area contributed by atoms with Crippen molar-refractivity contribution in [2.75, 3.05) is 10.3 Å². The maximum atomic E-state index is 14.4. The minimum Gasteiger partial charge on any atom is -0.480 e. The fourth-order valence-electron chi connectivity index (χ4n) is 6.54. The van der Waals surface area contributed by atoms with Gasteiger partial charge >= 0.3 is 0 Å². The minimum absolute atomic E-state index is 0.00942. The Bertz CT molecular complexity index is 2150. The van der Waals surface area contributed by atoms with E-state index in [-0.39, 0.29) is 22.6 Å². The van der Waals surface area contributed by atoms with Crippen LogP contribution in [-0.2, 0) is 20.4 Å². The highest BCUT2D eigenvalue weighted by atomic mass is 16.5. The van der Waals surface area contributed by atoms with E-state index in [0.29, 0.717) is 35.0 Å². The van der Waals surface area contributed by atoms with E-state index in [4.69, 9.17) is 14.6 Å². The van der Waals surface area contributed by atoms with Crippen LogP contribution in [0.1, 0.15) is 90.0 Å². The number of amides is 2. The number of aryl methyl sites for hydroxylation is 1. The lowest BCUT2D eigenvalue weighted by atomic mass is 9.76. The van der Waals surface area contributed by atoms with Gasteiger partial charge in [-0.2, -0.15) is 10.1 Å². The number of para-hydroxylation sites is 2. The van der Waals surface area contributed by atoms with Gasteiger partial charge in [0.2, 0.25) is 6.10 Å². The second-order valence-electron chi connectivity index (χ2n) is 15.2. The Balaban J connectivity index is 1.33. The van der Waals surface area contributed by atoms with Gasteiger partial charge in [0, 0.05) is 11.1 Å². The predicted octanol–water partition coefficient (Wildman–Crippen LogP) is 10.5. The number of carbonyl (C=O) groups excluding carboxylic acids is 2. The van der Waals surface area contributed by atoms with E-state index in [1.807, 2.05) is 98.8 Å². The fourth-order valence-corrected chi connectivity index (χ4v) is 6.54. The zero-order chi connectivity index (χ0) is 37.9. The van der Waals surface area contributed by atoms with E-state index >= 15 is 0 Å². The number of hydrogen-bond acceptors (Lipinski definition) is 5. The Hall–Kier alpha value is -5.43. The van der Waals surface area contributed by atoms with Crippen molar-refractivity contribution in [1.29, 1.82) is 0 Å². The van der Waals surface area contributed by atoms with Crippen LogP contribution in [0, 0.1) is 6.92 Å². The Kier molecular flexibility index (Phi) is 10.8. The molecule has 1 heterocycles. The average molecular weight is 710 g/mol. The molecule has 0 bridgehead atoms. The first-order valence-electron chi connectivity index (χ1n) is 18.7. The highest BCUT2D eigenvalue weighted by molar-refractivity contribution is 6.27. The van der Waals surface area contributed by atoms with Crippen LogP contribution in [0.15, 0.2) is 114 Å². The maximum Gasteiger partial charge on any atom is 0.294 e. The zero-order valence-electron chi connectivity index (χ0n) is 32.2. The quantitative estimate of drug-likeness (QED) is 0.132. The van der Waals surface area contributed by atoms with Crippen LogP contribution in [0.25, 0.3) is 10.8 Å². The minimum atomic E-state index is -1.01. The van der Waals surface area contributed by atoms with Crippen molar-refractivity contribution in [2.45, 2.75) is 97.7 Å². The van der Waals surface area contributed by atoms with E-state index in [2.05, 4.69) is 59.0 Å². The molecular weight excluding hydrogens is 659 g/mol. The summed E-state index contributed by atoms with van der Waals surface area (Å²) in [6.07, 6.45) is 0.571. The summed E-state index contributed by atoms with van der Waals surface area (Å²) < 4.78 is 13.0.